The molecule has 2 rings (SSSR count). The molecule has 0 atom stereocenters. The summed E-state index contributed by atoms with van der Waals surface area (Å²) in [5.41, 5.74) is 1.78. The average Bonchev–Trinajstić information content (AvgIpc) is 2.70. The molecular formula is C15H15NO3S. The fraction of sp³-hybridized carbons (Fsp3) is 0.200. The van der Waals surface area contributed by atoms with Crippen molar-refractivity contribution >= 4 is 28.9 Å². The third kappa shape index (κ3) is 3.24. The van der Waals surface area contributed by atoms with Crippen molar-refractivity contribution in [3.05, 3.63) is 51.2 Å². The van der Waals surface area contributed by atoms with Crippen molar-refractivity contribution in [3.63, 3.8) is 0 Å². The molecule has 20 heavy (non-hydrogen) atoms. The molecule has 0 aliphatic carbocycles. The van der Waals surface area contributed by atoms with E-state index >= 15 is 0 Å². The summed E-state index contributed by atoms with van der Waals surface area (Å²) in [4.78, 5) is 25.1. The number of benzene rings is 1. The number of hydrogen-bond donors (Lipinski definition) is 2. The van der Waals surface area contributed by atoms with Crippen LogP contribution in [0.2, 0.25) is 0 Å². The number of nitrogens with one attached hydrogen (secondary N) is 1. The fourth-order valence-electron chi connectivity index (χ4n) is 2.01. The van der Waals surface area contributed by atoms with E-state index in [1.165, 1.54) is 0 Å². The van der Waals surface area contributed by atoms with E-state index in [1.807, 2.05) is 19.9 Å². The molecule has 0 saturated carbocycles. The van der Waals surface area contributed by atoms with E-state index in [9.17, 15) is 9.59 Å². The molecular weight excluding hydrogens is 274 g/mol. The molecule has 1 aromatic heterocycles. The Hall–Kier alpha value is -2.14. The van der Waals surface area contributed by atoms with Crippen molar-refractivity contribution in [2.75, 3.05) is 5.32 Å². The van der Waals surface area contributed by atoms with Crippen molar-refractivity contribution in [1.82, 2.24) is 0 Å². The van der Waals surface area contributed by atoms with Crippen LogP contribution in [0.15, 0.2) is 30.3 Å². The summed E-state index contributed by atoms with van der Waals surface area (Å²) in [7, 11) is 0. The van der Waals surface area contributed by atoms with Gasteiger partial charge in [-0.25, -0.2) is 0 Å². The number of carboxylic acid groups (broad SMARTS) is 1. The van der Waals surface area contributed by atoms with Crippen molar-refractivity contribution in [1.29, 1.82) is 0 Å². The maximum Gasteiger partial charge on any atom is 0.307 e. The second-order valence-electron chi connectivity index (χ2n) is 4.51. The number of carboxylic acids is 1. The molecule has 0 aliphatic rings. The predicted molar refractivity (Wildman–Crippen MR) is 79.5 cm³/mol. The Bertz CT molecular complexity index is 661. The Kier molecular flexibility index (Phi) is 4.20. The van der Waals surface area contributed by atoms with E-state index in [0.717, 1.165) is 9.75 Å². The topological polar surface area (TPSA) is 66.4 Å². The number of anilines is 1. The number of aryl methyl sites for hydroxylation is 2. The number of amides is 1. The van der Waals surface area contributed by atoms with Gasteiger partial charge in [0, 0.05) is 15.4 Å². The molecule has 1 amide bonds. The molecule has 1 aromatic carbocycles. The summed E-state index contributed by atoms with van der Waals surface area (Å²) in [6.45, 7) is 3.85. The molecule has 2 N–H and O–H groups in total. The maximum absolute atomic E-state index is 12.2. The fourth-order valence-corrected chi connectivity index (χ4v) is 2.93. The van der Waals surface area contributed by atoms with Crippen molar-refractivity contribution < 1.29 is 14.7 Å². The van der Waals surface area contributed by atoms with Crippen LogP contribution in [0.3, 0.4) is 0 Å². The van der Waals surface area contributed by atoms with Gasteiger partial charge in [0.2, 0.25) is 0 Å². The van der Waals surface area contributed by atoms with Crippen LogP contribution >= 0.6 is 11.3 Å². The molecule has 2 aromatic rings. The van der Waals surface area contributed by atoms with Gasteiger partial charge in [-0.3, -0.25) is 9.59 Å². The average molecular weight is 289 g/mol. The lowest BCUT2D eigenvalue weighted by Gasteiger charge is -2.09. The first-order chi connectivity index (χ1) is 9.47. The number of carbonyl (C=O) groups is 2. The van der Waals surface area contributed by atoms with E-state index in [-0.39, 0.29) is 12.3 Å². The van der Waals surface area contributed by atoms with Gasteiger partial charge in [0.15, 0.2) is 0 Å². The monoisotopic (exact) mass is 289 g/mol. The highest BCUT2D eigenvalue weighted by Crippen LogP contribution is 2.23. The largest absolute Gasteiger partial charge is 0.481 e. The van der Waals surface area contributed by atoms with Gasteiger partial charge in [-0.1, -0.05) is 18.2 Å². The van der Waals surface area contributed by atoms with Gasteiger partial charge in [-0.15, -0.1) is 11.3 Å². The van der Waals surface area contributed by atoms with Crippen LogP contribution in [0, 0.1) is 13.8 Å². The summed E-state index contributed by atoms with van der Waals surface area (Å²) in [5.74, 6) is -1.13. The number of rotatable bonds is 4. The molecule has 0 saturated heterocycles. The summed E-state index contributed by atoms with van der Waals surface area (Å²) < 4.78 is 0. The van der Waals surface area contributed by atoms with E-state index in [2.05, 4.69) is 5.32 Å². The molecule has 5 heteroatoms. The van der Waals surface area contributed by atoms with Crippen LogP contribution in [-0.4, -0.2) is 17.0 Å². The Morgan fingerprint density at radius 1 is 1.25 bits per heavy atom. The number of aliphatic carboxylic acids is 1. The van der Waals surface area contributed by atoms with E-state index in [4.69, 9.17) is 5.11 Å². The lowest BCUT2D eigenvalue weighted by Crippen LogP contribution is -2.14. The van der Waals surface area contributed by atoms with Gasteiger partial charge in [-0.05, 0) is 31.5 Å². The standard InChI is InChI=1S/C15H15NO3S/c1-9-7-12(10(2)20-9)15(19)16-13-6-4-3-5-11(13)8-14(17)18/h3-7H,8H2,1-2H3,(H,16,19)(H,17,18). The van der Waals surface area contributed by atoms with Crippen LogP contribution < -0.4 is 5.32 Å². The predicted octanol–water partition coefficient (Wildman–Crippen LogP) is 3.24. The Labute approximate surface area is 121 Å². The minimum Gasteiger partial charge on any atom is -0.481 e. The molecule has 104 valence electrons. The SMILES string of the molecule is Cc1cc(C(=O)Nc2ccccc2CC(=O)O)c(C)s1. The van der Waals surface area contributed by atoms with Crippen LogP contribution in [0.25, 0.3) is 0 Å². The van der Waals surface area contributed by atoms with Crippen molar-refractivity contribution in [2.24, 2.45) is 0 Å². The van der Waals surface area contributed by atoms with E-state index < -0.39 is 5.97 Å². The highest BCUT2D eigenvalue weighted by atomic mass is 32.1. The maximum atomic E-state index is 12.2. The Morgan fingerprint density at radius 3 is 2.55 bits per heavy atom. The van der Waals surface area contributed by atoms with Crippen molar-refractivity contribution in [3.8, 4) is 0 Å². The Balaban J connectivity index is 2.24. The first kappa shape index (κ1) is 14.3. The number of para-hydroxylation sites is 1. The highest BCUT2D eigenvalue weighted by Gasteiger charge is 2.14. The van der Waals surface area contributed by atoms with Gasteiger partial charge in [0.05, 0.1) is 12.0 Å². The third-order valence-corrected chi connectivity index (χ3v) is 3.86. The second-order valence-corrected chi connectivity index (χ2v) is 5.97. The molecule has 0 aliphatic heterocycles. The minimum atomic E-state index is -0.922. The normalized spacial score (nSPS) is 10.3. The summed E-state index contributed by atoms with van der Waals surface area (Å²) >= 11 is 1.57. The minimum absolute atomic E-state index is 0.113. The quantitative estimate of drug-likeness (QED) is 0.908. The zero-order chi connectivity index (χ0) is 14.7. The molecule has 0 spiro atoms. The van der Waals surface area contributed by atoms with Gasteiger partial charge in [0.1, 0.15) is 0 Å². The first-order valence-corrected chi connectivity index (χ1v) is 6.97. The van der Waals surface area contributed by atoms with Gasteiger partial charge >= 0.3 is 5.97 Å². The number of hydrogen-bond acceptors (Lipinski definition) is 3. The molecule has 0 bridgehead atoms. The molecule has 1 heterocycles. The summed E-state index contributed by atoms with van der Waals surface area (Å²) in [6.07, 6.45) is -0.113. The van der Waals surface area contributed by atoms with Crippen LogP contribution in [0.5, 0.6) is 0 Å². The van der Waals surface area contributed by atoms with Crippen LogP contribution in [-0.2, 0) is 11.2 Å². The summed E-state index contributed by atoms with van der Waals surface area (Å²) in [6, 6.07) is 8.79. The third-order valence-electron chi connectivity index (χ3n) is 2.89. The molecule has 0 unspecified atom stereocenters. The molecule has 4 nitrogen and oxygen atoms in total. The lowest BCUT2D eigenvalue weighted by molar-refractivity contribution is -0.136. The van der Waals surface area contributed by atoms with Crippen LogP contribution in [0.4, 0.5) is 5.69 Å². The highest BCUT2D eigenvalue weighted by molar-refractivity contribution is 7.12. The zero-order valence-corrected chi connectivity index (χ0v) is 12.1. The summed E-state index contributed by atoms with van der Waals surface area (Å²) in [5, 5.41) is 11.7. The smallest absolute Gasteiger partial charge is 0.307 e. The van der Waals surface area contributed by atoms with Gasteiger partial charge in [0.25, 0.3) is 5.91 Å². The van der Waals surface area contributed by atoms with E-state index in [1.54, 1.807) is 35.6 Å². The van der Waals surface area contributed by atoms with Gasteiger partial charge in [-0.2, -0.15) is 0 Å². The lowest BCUT2D eigenvalue weighted by atomic mass is 10.1. The van der Waals surface area contributed by atoms with Crippen molar-refractivity contribution in [2.45, 2.75) is 20.3 Å². The molecule has 0 radical (unpaired) electrons. The Morgan fingerprint density at radius 2 is 1.95 bits per heavy atom. The van der Waals surface area contributed by atoms with Gasteiger partial charge < -0.3 is 10.4 Å². The second kappa shape index (κ2) is 5.88. The zero-order valence-electron chi connectivity index (χ0n) is 11.3. The molecule has 0 fully saturated rings. The van der Waals surface area contributed by atoms with E-state index in [0.29, 0.717) is 16.8 Å². The number of carbonyl (C=O) groups excluding carboxylic acids is 1. The number of thiophene rings is 1. The first-order valence-electron chi connectivity index (χ1n) is 6.15. The van der Waals surface area contributed by atoms with Crippen LogP contribution in [0.1, 0.15) is 25.7 Å².